The van der Waals surface area contributed by atoms with Gasteiger partial charge in [0.1, 0.15) is 16.5 Å². The molecule has 1 aliphatic heterocycles. The summed E-state index contributed by atoms with van der Waals surface area (Å²) in [6.07, 6.45) is -4.66. The maximum Gasteiger partial charge on any atom is 0.418 e. The lowest BCUT2D eigenvalue weighted by atomic mass is 10.1. The van der Waals surface area contributed by atoms with Crippen LogP contribution in [0.4, 0.5) is 28.9 Å². The van der Waals surface area contributed by atoms with Crippen LogP contribution < -0.4 is 10.2 Å². The Kier molecular flexibility index (Phi) is 5.92. The molecule has 10 heteroatoms. The highest BCUT2D eigenvalue weighted by atomic mass is 32.1. The predicted octanol–water partition coefficient (Wildman–Crippen LogP) is 5.06. The van der Waals surface area contributed by atoms with Gasteiger partial charge in [0.2, 0.25) is 0 Å². The summed E-state index contributed by atoms with van der Waals surface area (Å²) in [6, 6.07) is 9.72. The Balaban J connectivity index is 1.58. The van der Waals surface area contributed by atoms with E-state index in [1.807, 2.05) is 0 Å². The maximum atomic E-state index is 13.9. The Bertz CT molecular complexity index is 1090. The van der Waals surface area contributed by atoms with Crippen molar-refractivity contribution in [2.24, 2.45) is 0 Å². The second-order valence-electron chi connectivity index (χ2n) is 6.80. The molecular formula is C21H17F4N3O2S. The van der Waals surface area contributed by atoms with Gasteiger partial charge < -0.3 is 15.0 Å². The number of hydrogen-bond acceptors (Lipinski definition) is 5. The van der Waals surface area contributed by atoms with E-state index in [0.717, 1.165) is 17.4 Å². The van der Waals surface area contributed by atoms with Gasteiger partial charge in [0, 0.05) is 29.7 Å². The number of nitrogens with zero attached hydrogens (tertiary/aromatic N) is 2. The Morgan fingerprint density at radius 3 is 2.58 bits per heavy atom. The number of ether oxygens (including phenoxy) is 1. The van der Waals surface area contributed by atoms with E-state index in [4.69, 9.17) is 4.74 Å². The van der Waals surface area contributed by atoms with E-state index in [1.165, 1.54) is 35.7 Å². The summed E-state index contributed by atoms with van der Waals surface area (Å²) in [5.41, 5.74) is -0.778. The lowest BCUT2D eigenvalue weighted by Gasteiger charge is -2.29. The fourth-order valence-corrected chi connectivity index (χ4v) is 4.04. The largest absolute Gasteiger partial charge is 0.418 e. The highest BCUT2D eigenvalue weighted by Crippen LogP contribution is 2.38. The Hall–Kier alpha value is -2.98. The van der Waals surface area contributed by atoms with Crippen molar-refractivity contribution in [3.05, 3.63) is 64.9 Å². The zero-order valence-corrected chi connectivity index (χ0v) is 16.9. The number of aromatic nitrogens is 1. The normalized spacial score (nSPS) is 14.5. The van der Waals surface area contributed by atoms with Gasteiger partial charge >= 0.3 is 6.18 Å². The fourth-order valence-electron chi connectivity index (χ4n) is 3.22. The van der Waals surface area contributed by atoms with Crippen molar-refractivity contribution >= 4 is 28.6 Å². The van der Waals surface area contributed by atoms with Gasteiger partial charge in [-0.2, -0.15) is 13.2 Å². The van der Waals surface area contributed by atoms with E-state index in [9.17, 15) is 22.4 Å². The molecule has 1 aromatic heterocycles. The first-order chi connectivity index (χ1) is 14.8. The molecule has 0 bridgehead atoms. The molecule has 0 aliphatic carbocycles. The molecule has 0 unspecified atom stereocenters. The average Bonchev–Trinajstić information content (AvgIpc) is 3.24. The molecule has 0 spiro atoms. The number of carbonyl (C=O) groups excluding carboxylic acids is 1. The van der Waals surface area contributed by atoms with E-state index in [1.54, 1.807) is 11.0 Å². The maximum absolute atomic E-state index is 13.9. The van der Waals surface area contributed by atoms with Gasteiger partial charge in [0.25, 0.3) is 5.91 Å². The number of carbonyl (C=O) groups is 1. The highest BCUT2D eigenvalue weighted by molar-refractivity contribution is 7.13. The molecule has 1 aliphatic rings. The molecule has 1 saturated heterocycles. The van der Waals surface area contributed by atoms with Gasteiger partial charge in [-0.25, -0.2) is 9.37 Å². The minimum absolute atomic E-state index is 0.0892. The summed E-state index contributed by atoms with van der Waals surface area (Å²) in [5, 5.41) is 3.94. The zero-order valence-electron chi connectivity index (χ0n) is 16.1. The molecule has 0 atom stereocenters. The van der Waals surface area contributed by atoms with Crippen LogP contribution in [0.15, 0.2) is 47.8 Å². The number of halogens is 4. The van der Waals surface area contributed by atoms with Crippen molar-refractivity contribution in [2.75, 3.05) is 36.5 Å². The molecule has 0 saturated carbocycles. The van der Waals surface area contributed by atoms with Crippen molar-refractivity contribution in [1.82, 2.24) is 4.98 Å². The van der Waals surface area contributed by atoms with Crippen molar-refractivity contribution in [3.8, 4) is 10.6 Å². The van der Waals surface area contributed by atoms with E-state index >= 15 is 0 Å². The number of amides is 1. The van der Waals surface area contributed by atoms with E-state index in [-0.39, 0.29) is 22.0 Å². The Labute approximate surface area is 179 Å². The summed E-state index contributed by atoms with van der Waals surface area (Å²) in [5.74, 6) is -1.30. The monoisotopic (exact) mass is 451 g/mol. The van der Waals surface area contributed by atoms with Crippen molar-refractivity contribution in [2.45, 2.75) is 6.18 Å². The molecule has 0 radical (unpaired) electrons. The van der Waals surface area contributed by atoms with Crippen LogP contribution in [0, 0.1) is 5.82 Å². The highest BCUT2D eigenvalue weighted by Gasteiger charge is 2.35. The fraction of sp³-hybridized carbons (Fsp3) is 0.238. The van der Waals surface area contributed by atoms with Gasteiger partial charge in [0.05, 0.1) is 24.5 Å². The van der Waals surface area contributed by atoms with Crippen molar-refractivity contribution in [3.63, 3.8) is 0 Å². The van der Waals surface area contributed by atoms with Crippen LogP contribution in [0.25, 0.3) is 10.6 Å². The standard InChI is InChI=1S/C21H17F4N3O2S/c22-16-4-2-1-3-14(16)20-27-18(12-31-20)19(29)26-17-6-5-13(11-15(17)21(23,24)25)28-7-9-30-10-8-28/h1-6,11-12H,7-10H2,(H,26,29). The summed E-state index contributed by atoms with van der Waals surface area (Å²) in [7, 11) is 0. The topological polar surface area (TPSA) is 54.5 Å². The number of nitrogens with one attached hydrogen (secondary N) is 1. The Morgan fingerprint density at radius 2 is 1.87 bits per heavy atom. The third kappa shape index (κ3) is 4.70. The molecule has 2 aromatic carbocycles. The first kappa shape index (κ1) is 21.3. The predicted molar refractivity (Wildman–Crippen MR) is 110 cm³/mol. The van der Waals surface area contributed by atoms with Crippen molar-refractivity contribution in [1.29, 1.82) is 0 Å². The van der Waals surface area contributed by atoms with Crippen LogP contribution in [-0.2, 0) is 10.9 Å². The van der Waals surface area contributed by atoms with E-state index in [0.29, 0.717) is 32.0 Å². The number of rotatable bonds is 4. The molecule has 3 aromatic rings. The molecule has 1 fully saturated rings. The smallest absolute Gasteiger partial charge is 0.378 e. The van der Waals surface area contributed by atoms with Gasteiger partial charge in [-0.3, -0.25) is 4.79 Å². The molecule has 162 valence electrons. The number of benzene rings is 2. The number of hydrogen-bond donors (Lipinski definition) is 1. The van der Waals surface area contributed by atoms with Crippen LogP contribution in [0.1, 0.15) is 16.1 Å². The molecule has 31 heavy (non-hydrogen) atoms. The van der Waals surface area contributed by atoms with Gasteiger partial charge in [-0.05, 0) is 30.3 Å². The summed E-state index contributed by atoms with van der Waals surface area (Å²) in [6.45, 7) is 1.85. The number of morpholine rings is 1. The summed E-state index contributed by atoms with van der Waals surface area (Å²) >= 11 is 1.03. The number of anilines is 2. The molecule has 4 rings (SSSR count). The van der Waals surface area contributed by atoms with Crippen LogP contribution in [0.2, 0.25) is 0 Å². The summed E-state index contributed by atoms with van der Waals surface area (Å²) in [4.78, 5) is 18.4. The lowest BCUT2D eigenvalue weighted by molar-refractivity contribution is -0.136. The molecular weight excluding hydrogens is 434 g/mol. The minimum Gasteiger partial charge on any atom is -0.378 e. The molecule has 1 N–H and O–H groups in total. The number of alkyl halides is 3. The third-order valence-electron chi connectivity index (χ3n) is 4.77. The zero-order chi connectivity index (χ0) is 22.0. The average molecular weight is 451 g/mol. The second kappa shape index (κ2) is 8.64. The molecule has 2 heterocycles. The quantitative estimate of drug-likeness (QED) is 0.564. The van der Waals surface area contributed by atoms with E-state index in [2.05, 4.69) is 10.3 Å². The minimum atomic E-state index is -4.66. The first-order valence-corrected chi connectivity index (χ1v) is 10.3. The van der Waals surface area contributed by atoms with Crippen LogP contribution in [-0.4, -0.2) is 37.2 Å². The van der Waals surface area contributed by atoms with Gasteiger partial charge in [-0.15, -0.1) is 11.3 Å². The second-order valence-corrected chi connectivity index (χ2v) is 7.66. The van der Waals surface area contributed by atoms with Crippen LogP contribution >= 0.6 is 11.3 Å². The molecule has 1 amide bonds. The Morgan fingerprint density at radius 1 is 1.13 bits per heavy atom. The number of thiazole rings is 1. The van der Waals surface area contributed by atoms with Gasteiger partial charge in [0.15, 0.2) is 0 Å². The molecule has 5 nitrogen and oxygen atoms in total. The first-order valence-electron chi connectivity index (χ1n) is 9.38. The van der Waals surface area contributed by atoms with Crippen LogP contribution in [0.3, 0.4) is 0 Å². The van der Waals surface area contributed by atoms with Gasteiger partial charge in [-0.1, -0.05) is 12.1 Å². The lowest BCUT2D eigenvalue weighted by Crippen LogP contribution is -2.36. The van der Waals surface area contributed by atoms with Crippen molar-refractivity contribution < 1.29 is 27.1 Å². The van der Waals surface area contributed by atoms with E-state index < -0.39 is 23.5 Å². The summed E-state index contributed by atoms with van der Waals surface area (Å²) < 4.78 is 60.2. The van der Waals surface area contributed by atoms with Crippen LogP contribution in [0.5, 0.6) is 0 Å². The third-order valence-corrected chi connectivity index (χ3v) is 5.65. The SMILES string of the molecule is O=C(Nc1ccc(N2CCOCC2)cc1C(F)(F)F)c1csc(-c2ccccc2F)n1.